The molecule has 0 amide bonds. The van der Waals surface area contributed by atoms with Gasteiger partial charge in [0.25, 0.3) is 0 Å². The van der Waals surface area contributed by atoms with Crippen molar-refractivity contribution < 1.29 is 9.53 Å². The predicted molar refractivity (Wildman–Crippen MR) is 113 cm³/mol. The molecule has 3 rings (SSSR count). The first-order chi connectivity index (χ1) is 12.7. The molecule has 1 heterocycles. The molecule has 2 aromatic carbocycles. The minimum atomic E-state index is -0.260. The first-order valence-electron chi connectivity index (χ1n) is 9.24. The quantitative estimate of drug-likeness (QED) is 0.530. The van der Waals surface area contributed by atoms with Gasteiger partial charge in [-0.05, 0) is 30.8 Å². The van der Waals surface area contributed by atoms with E-state index in [4.69, 9.17) is 4.74 Å². The second kappa shape index (κ2) is 10.1. The number of carbonyl (C=O) groups is 1. The number of benzene rings is 2. The van der Waals surface area contributed by atoms with Gasteiger partial charge < -0.3 is 14.2 Å². The molecular weight excluding hydrogens is 360 g/mol. The molecule has 1 aromatic heterocycles. The number of likely N-dealkylation sites (N-methyl/N-ethyl adjacent to an activating group) is 1. The molecule has 0 N–H and O–H groups in total. The lowest BCUT2D eigenvalue weighted by Crippen LogP contribution is -2.28. The molecule has 0 unspecified atom stereocenters. The zero-order valence-electron chi connectivity index (χ0n) is 15.9. The normalized spacial score (nSPS) is 10.8. The van der Waals surface area contributed by atoms with Crippen molar-refractivity contribution in [1.29, 1.82) is 0 Å². The van der Waals surface area contributed by atoms with Crippen LogP contribution < -0.4 is 0 Å². The van der Waals surface area contributed by atoms with E-state index in [9.17, 15) is 4.79 Å². The number of rotatable bonds is 8. The largest absolute Gasteiger partial charge is 0.460 e. The lowest BCUT2D eigenvalue weighted by Gasteiger charge is -2.17. The van der Waals surface area contributed by atoms with E-state index in [1.54, 1.807) is 0 Å². The number of hydrogen-bond donors (Lipinski definition) is 0. The van der Waals surface area contributed by atoms with Crippen LogP contribution in [-0.2, 0) is 11.3 Å². The molecule has 0 aliphatic heterocycles. The van der Waals surface area contributed by atoms with E-state index >= 15 is 0 Å². The summed E-state index contributed by atoms with van der Waals surface area (Å²) in [5.74, 6) is -0.260. The van der Waals surface area contributed by atoms with Gasteiger partial charge in [0.05, 0.1) is 0 Å². The molecule has 0 saturated heterocycles. The fourth-order valence-corrected chi connectivity index (χ4v) is 3.20. The van der Waals surface area contributed by atoms with Crippen molar-refractivity contribution in [2.45, 2.75) is 20.4 Å². The van der Waals surface area contributed by atoms with Crippen LogP contribution in [0.4, 0.5) is 0 Å². The van der Waals surface area contributed by atoms with Gasteiger partial charge in [0.2, 0.25) is 0 Å². The lowest BCUT2D eigenvalue weighted by atomic mass is 10.2. The third-order valence-electron chi connectivity index (χ3n) is 4.74. The van der Waals surface area contributed by atoms with Gasteiger partial charge in [0.15, 0.2) is 0 Å². The summed E-state index contributed by atoms with van der Waals surface area (Å²) >= 11 is 0. The smallest absolute Gasteiger partial charge is 0.355 e. The Hall–Kier alpha value is -2.30. The number of hydrogen-bond acceptors (Lipinski definition) is 3. The minimum absolute atomic E-state index is 0. The highest BCUT2D eigenvalue weighted by Gasteiger charge is 2.17. The van der Waals surface area contributed by atoms with Crippen LogP contribution in [0.2, 0.25) is 0 Å². The number of halogens is 1. The van der Waals surface area contributed by atoms with Crippen molar-refractivity contribution >= 4 is 29.3 Å². The number of aromatic nitrogens is 1. The Balaban J connectivity index is 0.00000261. The van der Waals surface area contributed by atoms with Gasteiger partial charge in [-0.1, -0.05) is 62.4 Å². The van der Waals surface area contributed by atoms with Crippen molar-refractivity contribution in [1.82, 2.24) is 9.47 Å². The zero-order chi connectivity index (χ0) is 18.4. The number of carbonyl (C=O) groups excluding carboxylic acids is 1. The van der Waals surface area contributed by atoms with Crippen molar-refractivity contribution in [2.75, 3.05) is 26.2 Å². The van der Waals surface area contributed by atoms with E-state index in [0.29, 0.717) is 18.8 Å². The molecule has 0 aliphatic carbocycles. The summed E-state index contributed by atoms with van der Waals surface area (Å²) in [6.45, 7) is 7.97. The molecule has 5 heteroatoms. The highest BCUT2D eigenvalue weighted by atomic mass is 35.5. The summed E-state index contributed by atoms with van der Waals surface area (Å²) in [6.07, 6.45) is 0. The molecule has 0 bridgehead atoms. The average Bonchev–Trinajstić information content (AvgIpc) is 3.05. The van der Waals surface area contributed by atoms with Gasteiger partial charge in [-0.25, -0.2) is 4.79 Å². The minimum Gasteiger partial charge on any atom is -0.460 e. The zero-order valence-corrected chi connectivity index (χ0v) is 16.7. The highest BCUT2D eigenvalue weighted by Crippen LogP contribution is 2.22. The molecule has 0 saturated carbocycles. The topological polar surface area (TPSA) is 34.5 Å². The molecule has 0 radical (unpaired) electrons. The number of ether oxygens (including phenoxy) is 1. The van der Waals surface area contributed by atoms with E-state index in [0.717, 1.165) is 36.1 Å². The van der Waals surface area contributed by atoms with E-state index in [1.165, 1.54) is 0 Å². The maximum Gasteiger partial charge on any atom is 0.355 e. The third kappa shape index (κ3) is 5.12. The summed E-state index contributed by atoms with van der Waals surface area (Å²) in [6, 6.07) is 20.2. The summed E-state index contributed by atoms with van der Waals surface area (Å²) in [5, 5.41) is 1.05. The Morgan fingerprint density at radius 1 is 1.00 bits per heavy atom. The molecule has 3 aromatic rings. The Kier molecular flexibility index (Phi) is 7.89. The van der Waals surface area contributed by atoms with Gasteiger partial charge in [0.1, 0.15) is 12.3 Å². The summed E-state index contributed by atoms with van der Waals surface area (Å²) in [5.41, 5.74) is 2.81. The first kappa shape index (κ1) is 21.0. The van der Waals surface area contributed by atoms with Crippen LogP contribution in [0.5, 0.6) is 0 Å². The van der Waals surface area contributed by atoms with Crippen LogP contribution in [0.3, 0.4) is 0 Å². The van der Waals surface area contributed by atoms with Crippen molar-refractivity contribution in [2.24, 2.45) is 0 Å². The van der Waals surface area contributed by atoms with Crippen LogP contribution in [0.25, 0.3) is 10.9 Å². The van der Waals surface area contributed by atoms with E-state index in [-0.39, 0.29) is 18.4 Å². The average molecular weight is 387 g/mol. The maximum atomic E-state index is 12.7. The molecule has 0 spiro atoms. The molecule has 0 fully saturated rings. The van der Waals surface area contributed by atoms with Crippen molar-refractivity contribution in [3.8, 4) is 0 Å². The maximum absolute atomic E-state index is 12.7. The van der Waals surface area contributed by atoms with Gasteiger partial charge in [-0.2, -0.15) is 0 Å². The Labute approximate surface area is 167 Å². The van der Waals surface area contributed by atoms with Gasteiger partial charge in [0, 0.05) is 24.0 Å². The fourth-order valence-electron chi connectivity index (χ4n) is 3.20. The van der Waals surface area contributed by atoms with Gasteiger partial charge in [-0.3, -0.25) is 0 Å². The Morgan fingerprint density at radius 3 is 2.37 bits per heavy atom. The van der Waals surface area contributed by atoms with Gasteiger partial charge >= 0.3 is 5.97 Å². The standard InChI is InChI=1S/C22H26N2O2.ClH/c1-3-23(4-2)14-15-26-22(25)21-16-19-12-8-9-13-20(19)24(21)17-18-10-6-5-7-11-18;/h5-13,16H,3-4,14-15,17H2,1-2H3;1H. The van der Waals surface area contributed by atoms with E-state index < -0.39 is 0 Å². The van der Waals surface area contributed by atoms with E-state index in [1.807, 2.05) is 53.1 Å². The van der Waals surface area contributed by atoms with Crippen molar-refractivity contribution in [3.63, 3.8) is 0 Å². The highest BCUT2D eigenvalue weighted by molar-refractivity contribution is 5.95. The number of para-hydroxylation sites is 1. The molecule has 27 heavy (non-hydrogen) atoms. The van der Waals surface area contributed by atoms with Crippen LogP contribution in [-0.4, -0.2) is 41.7 Å². The fraction of sp³-hybridized carbons (Fsp3) is 0.318. The summed E-state index contributed by atoms with van der Waals surface area (Å²) < 4.78 is 7.61. The molecule has 0 aliphatic rings. The van der Waals surface area contributed by atoms with Crippen LogP contribution in [0, 0.1) is 0 Å². The third-order valence-corrected chi connectivity index (χ3v) is 4.74. The number of fused-ring (bicyclic) bond motifs is 1. The molecule has 0 atom stereocenters. The van der Waals surface area contributed by atoms with Crippen molar-refractivity contribution in [3.05, 3.63) is 71.9 Å². The Bertz CT molecular complexity index is 857. The molecular formula is C22H27ClN2O2. The van der Waals surface area contributed by atoms with Crippen LogP contribution >= 0.6 is 12.4 Å². The molecule has 144 valence electrons. The van der Waals surface area contributed by atoms with Gasteiger partial charge in [-0.15, -0.1) is 12.4 Å². The monoisotopic (exact) mass is 386 g/mol. The van der Waals surface area contributed by atoms with Crippen LogP contribution in [0.1, 0.15) is 29.9 Å². The Morgan fingerprint density at radius 2 is 1.67 bits per heavy atom. The van der Waals surface area contributed by atoms with Crippen LogP contribution in [0.15, 0.2) is 60.7 Å². The number of nitrogens with zero attached hydrogens (tertiary/aromatic N) is 2. The second-order valence-corrected chi connectivity index (χ2v) is 6.32. The SMILES string of the molecule is CCN(CC)CCOC(=O)c1cc2ccccc2n1Cc1ccccc1.Cl. The first-order valence-corrected chi connectivity index (χ1v) is 9.24. The summed E-state index contributed by atoms with van der Waals surface area (Å²) in [7, 11) is 0. The summed E-state index contributed by atoms with van der Waals surface area (Å²) in [4.78, 5) is 15.0. The predicted octanol–water partition coefficient (Wildman–Crippen LogP) is 4.61. The second-order valence-electron chi connectivity index (χ2n) is 6.32. The molecule has 4 nitrogen and oxygen atoms in total. The lowest BCUT2D eigenvalue weighted by molar-refractivity contribution is 0.0455. The van der Waals surface area contributed by atoms with E-state index in [2.05, 4.69) is 30.9 Å². The number of esters is 1.